The molecule has 2 aromatic carbocycles. The van der Waals surface area contributed by atoms with E-state index in [4.69, 9.17) is 5.80 Å². The number of hydrogen-bond acceptors (Lipinski definition) is 5. The van der Waals surface area contributed by atoms with Crippen LogP contribution in [0.4, 0.5) is 0 Å². The first-order chi connectivity index (χ1) is 10.3. The molecule has 21 heavy (non-hydrogen) atoms. The third-order valence-corrected chi connectivity index (χ3v) is 3.21. The topological polar surface area (TPSA) is 112 Å². The van der Waals surface area contributed by atoms with Crippen LogP contribution in [-0.4, -0.2) is 31.6 Å². The van der Waals surface area contributed by atoms with E-state index in [0.29, 0.717) is 0 Å². The highest BCUT2D eigenvalue weighted by atomic mass is 16.4. The van der Waals surface area contributed by atoms with Crippen molar-refractivity contribution >= 4 is 6.08 Å². The number of hydrogen-bond donors (Lipinski definition) is 5. The van der Waals surface area contributed by atoms with Crippen molar-refractivity contribution in [1.29, 1.82) is 0 Å². The summed E-state index contributed by atoms with van der Waals surface area (Å²) in [4.78, 5) is 0. The maximum absolute atomic E-state index is 10.3. The van der Waals surface area contributed by atoms with Crippen LogP contribution < -0.4 is 10.6 Å². The largest absolute Gasteiger partial charge is 0.507 e. The molecule has 6 nitrogen and oxygen atoms in total. The second-order valence-corrected chi connectivity index (χ2v) is 4.69. The molecule has 1 aliphatic heterocycles. The van der Waals surface area contributed by atoms with E-state index < -0.39 is 17.9 Å². The Morgan fingerprint density at radius 3 is 2.43 bits per heavy atom. The first-order valence-corrected chi connectivity index (χ1v) is 6.11. The van der Waals surface area contributed by atoms with Crippen LogP contribution in [0.15, 0.2) is 34.8 Å². The van der Waals surface area contributed by atoms with Crippen LogP contribution in [-0.2, 0) is 0 Å². The predicted molar refractivity (Wildman–Crippen MR) is 74.2 cm³/mol. The van der Waals surface area contributed by atoms with Crippen LogP contribution in [0.3, 0.4) is 0 Å². The molecule has 1 heterocycles. The third kappa shape index (κ3) is 2.25. The van der Waals surface area contributed by atoms with Gasteiger partial charge in [-0.2, -0.15) is 0 Å². The van der Waals surface area contributed by atoms with Crippen molar-refractivity contribution in [3.05, 3.63) is 51.0 Å². The fraction of sp³-hybridized carbons (Fsp3) is 0.133. The van der Waals surface area contributed by atoms with Gasteiger partial charge in [0.05, 0.1) is 13.0 Å². The lowest BCUT2D eigenvalue weighted by molar-refractivity contribution is 0.215. The fourth-order valence-electron chi connectivity index (χ4n) is 2.19. The van der Waals surface area contributed by atoms with Crippen molar-refractivity contribution < 1.29 is 26.9 Å². The standard InChI is InChI=1S/C15H12O6/c16-8-4-11(18)9-6-13(20)15(21-14(9)5-8)7-1-2-10(17)12(19)3-7/h1-6,13,15,20H,(H3-,16,17,18,19)/p+1/i13D. The molecule has 3 rings (SSSR count). The summed E-state index contributed by atoms with van der Waals surface area (Å²) in [5.74, 6) is -1.31. The van der Waals surface area contributed by atoms with E-state index in [2.05, 4.69) is 0 Å². The van der Waals surface area contributed by atoms with E-state index in [0.717, 1.165) is 12.1 Å². The summed E-state index contributed by atoms with van der Waals surface area (Å²) in [6.07, 6.45) is -2.34. The van der Waals surface area contributed by atoms with Crippen LogP contribution in [0.1, 0.15) is 13.0 Å². The maximum Gasteiger partial charge on any atom is 0.359 e. The van der Waals surface area contributed by atoms with Gasteiger partial charge in [0, 0.05) is 6.07 Å². The van der Waals surface area contributed by atoms with Gasteiger partial charge in [-0.05, 0) is 24.3 Å². The van der Waals surface area contributed by atoms with E-state index >= 15 is 0 Å². The Morgan fingerprint density at radius 2 is 1.71 bits per heavy atom. The highest BCUT2D eigenvalue weighted by Gasteiger charge is 2.33. The molecule has 108 valence electrons. The van der Waals surface area contributed by atoms with E-state index in [9.17, 15) is 25.5 Å². The number of benzene rings is 2. The van der Waals surface area contributed by atoms with Gasteiger partial charge in [0.1, 0.15) is 16.7 Å². The first-order valence-electron chi connectivity index (χ1n) is 6.61. The van der Waals surface area contributed by atoms with Gasteiger partial charge < -0.3 is 25.5 Å². The number of aromatic hydroxyl groups is 4. The molecular formula is C15H13O6+. The minimum Gasteiger partial charge on any atom is -0.507 e. The minimum absolute atomic E-state index is 0.0898. The van der Waals surface area contributed by atoms with Crippen molar-refractivity contribution in [1.82, 2.24) is 0 Å². The Morgan fingerprint density at radius 1 is 0.952 bits per heavy atom. The maximum atomic E-state index is 10.3. The van der Waals surface area contributed by atoms with Gasteiger partial charge in [-0.3, -0.25) is 0 Å². The minimum atomic E-state index is -2.22. The average Bonchev–Trinajstić information content (AvgIpc) is 2.42. The van der Waals surface area contributed by atoms with Crippen molar-refractivity contribution in [3.63, 3.8) is 0 Å². The molecule has 6 heteroatoms. The number of phenolic OH excluding ortho intramolecular Hbond substituents is 4. The zero-order chi connectivity index (χ0) is 16.1. The molecule has 0 saturated carbocycles. The van der Waals surface area contributed by atoms with Gasteiger partial charge in [0.2, 0.25) is 0 Å². The van der Waals surface area contributed by atoms with Gasteiger partial charge in [-0.1, -0.05) is 0 Å². The summed E-state index contributed by atoms with van der Waals surface area (Å²) in [6.45, 7) is 0. The summed E-state index contributed by atoms with van der Waals surface area (Å²) >= 11 is 0. The van der Waals surface area contributed by atoms with Crippen molar-refractivity contribution in [2.24, 2.45) is 0 Å². The molecule has 0 aromatic heterocycles. The van der Waals surface area contributed by atoms with Gasteiger partial charge in [-0.25, -0.2) is 4.42 Å². The third-order valence-electron chi connectivity index (χ3n) is 3.21. The molecule has 2 atom stereocenters. The Bertz CT molecular complexity index is 874. The molecule has 2 unspecified atom stereocenters. The van der Waals surface area contributed by atoms with Gasteiger partial charge in [0.15, 0.2) is 17.6 Å². The van der Waals surface area contributed by atoms with Crippen LogP contribution in [0.5, 0.6) is 23.0 Å². The SMILES string of the molecule is [2H]C1(O)C=c2c(O)cc(O)cc2=[O+]C1c1ccc(O)c(O)c1. The Kier molecular flexibility index (Phi) is 2.68. The monoisotopic (exact) mass is 290 g/mol. The molecular weight excluding hydrogens is 276 g/mol. The molecule has 0 amide bonds. The summed E-state index contributed by atoms with van der Waals surface area (Å²) in [5, 5.41) is 48.5. The second-order valence-electron chi connectivity index (χ2n) is 4.69. The van der Waals surface area contributed by atoms with Crippen molar-refractivity contribution in [2.75, 3.05) is 0 Å². The second kappa shape index (κ2) is 4.68. The van der Waals surface area contributed by atoms with E-state index in [1.807, 2.05) is 0 Å². The summed E-state index contributed by atoms with van der Waals surface area (Å²) in [6, 6.07) is 6.08. The van der Waals surface area contributed by atoms with Crippen LogP contribution >= 0.6 is 0 Å². The number of rotatable bonds is 1. The molecule has 0 aliphatic carbocycles. The van der Waals surface area contributed by atoms with Gasteiger partial charge in [-0.15, -0.1) is 0 Å². The average molecular weight is 290 g/mol. The molecule has 0 spiro atoms. The Balaban J connectivity index is 2.24. The summed E-state index contributed by atoms with van der Waals surface area (Å²) in [7, 11) is 0. The number of fused-ring (bicyclic) bond motifs is 1. The van der Waals surface area contributed by atoms with Crippen molar-refractivity contribution in [2.45, 2.75) is 12.2 Å². The fourth-order valence-corrected chi connectivity index (χ4v) is 2.19. The molecule has 1 aliphatic rings. The molecule has 0 radical (unpaired) electrons. The lowest BCUT2D eigenvalue weighted by atomic mass is 10.0. The Labute approximate surface area is 120 Å². The Hall–Kier alpha value is -2.73. The predicted octanol–water partition coefficient (Wildman–Crippen LogP) is 0.0201. The molecule has 0 saturated heterocycles. The quantitative estimate of drug-likeness (QED) is 0.375. The highest BCUT2D eigenvalue weighted by Crippen LogP contribution is 2.31. The van der Waals surface area contributed by atoms with Crippen LogP contribution in [0.25, 0.3) is 6.08 Å². The van der Waals surface area contributed by atoms with Crippen LogP contribution in [0.2, 0.25) is 0 Å². The van der Waals surface area contributed by atoms with E-state index in [-0.39, 0.29) is 33.5 Å². The first kappa shape index (κ1) is 12.0. The summed E-state index contributed by atoms with van der Waals surface area (Å²) < 4.78 is 13.5. The summed E-state index contributed by atoms with van der Waals surface area (Å²) in [5.41, 5.74) is 0.338. The number of aliphatic hydroxyl groups is 1. The number of phenols is 4. The zero-order valence-electron chi connectivity index (χ0n) is 11.7. The highest BCUT2D eigenvalue weighted by molar-refractivity contribution is 5.48. The van der Waals surface area contributed by atoms with Crippen molar-refractivity contribution in [3.8, 4) is 23.0 Å². The van der Waals surface area contributed by atoms with Gasteiger partial charge in [0.25, 0.3) is 0 Å². The lowest BCUT2D eigenvalue weighted by Crippen LogP contribution is -2.35. The smallest absolute Gasteiger partial charge is 0.359 e. The van der Waals surface area contributed by atoms with Crippen LogP contribution in [0, 0.1) is 0 Å². The van der Waals surface area contributed by atoms with E-state index in [1.54, 1.807) is 0 Å². The van der Waals surface area contributed by atoms with Gasteiger partial charge >= 0.3 is 11.5 Å². The lowest BCUT2D eigenvalue weighted by Gasteiger charge is -2.12. The normalized spacial score (nSPS) is 24.4. The van der Waals surface area contributed by atoms with E-state index in [1.165, 1.54) is 24.3 Å². The molecule has 0 fully saturated rings. The molecule has 0 bridgehead atoms. The molecule has 2 aromatic rings. The molecule has 5 N–H and O–H groups in total. The zero-order valence-corrected chi connectivity index (χ0v) is 10.7.